The lowest BCUT2D eigenvalue weighted by Crippen LogP contribution is -1.75. The fourth-order valence-electron chi connectivity index (χ4n) is 1.25. The normalized spacial score (nSPS) is 10.5. The van der Waals surface area contributed by atoms with E-state index in [4.69, 9.17) is 11.6 Å². The van der Waals surface area contributed by atoms with Gasteiger partial charge in [-0.15, -0.1) is 12.6 Å². The second-order valence-corrected chi connectivity index (χ2v) is 3.50. The van der Waals surface area contributed by atoms with Gasteiger partial charge in [0, 0.05) is 15.3 Å². The highest BCUT2D eigenvalue weighted by atomic mass is 35.5. The van der Waals surface area contributed by atoms with Crippen LogP contribution in [0.4, 0.5) is 0 Å². The molecule has 0 N–H and O–H groups in total. The average Bonchev–Trinajstić information content (AvgIpc) is 2.12. The fourth-order valence-corrected chi connectivity index (χ4v) is 1.74. The van der Waals surface area contributed by atoms with E-state index in [1.165, 1.54) is 0 Å². The smallest absolute Gasteiger partial charge is 0.0485 e. The largest absolute Gasteiger partial charge is 0.143 e. The summed E-state index contributed by atoms with van der Waals surface area (Å²) in [7, 11) is 0. The van der Waals surface area contributed by atoms with Crippen LogP contribution in [0.3, 0.4) is 0 Å². The first-order chi connectivity index (χ1) is 5.79. The predicted molar refractivity (Wildman–Crippen MR) is 56.2 cm³/mol. The number of benzene rings is 2. The van der Waals surface area contributed by atoms with Crippen molar-refractivity contribution in [2.45, 2.75) is 4.90 Å². The van der Waals surface area contributed by atoms with Gasteiger partial charge in [-0.1, -0.05) is 35.9 Å². The monoisotopic (exact) mass is 194 g/mol. The van der Waals surface area contributed by atoms with Gasteiger partial charge in [-0.25, -0.2) is 0 Å². The van der Waals surface area contributed by atoms with Gasteiger partial charge in [-0.05, 0) is 17.5 Å². The highest BCUT2D eigenvalue weighted by Gasteiger charge is 1.99. The zero-order valence-electron chi connectivity index (χ0n) is 6.29. The van der Waals surface area contributed by atoms with Crippen LogP contribution in [0.2, 0.25) is 5.02 Å². The first-order valence-electron chi connectivity index (χ1n) is 3.65. The van der Waals surface area contributed by atoms with E-state index >= 15 is 0 Å². The Balaban J connectivity index is 2.95. The van der Waals surface area contributed by atoms with Gasteiger partial charge in [0.25, 0.3) is 0 Å². The van der Waals surface area contributed by atoms with Gasteiger partial charge in [0.1, 0.15) is 0 Å². The van der Waals surface area contributed by atoms with E-state index in [1.807, 2.05) is 36.4 Å². The van der Waals surface area contributed by atoms with E-state index in [9.17, 15) is 0 Å². The third kappa shape index (κ3) is 1.19. The summed E-state index contributed by atoms with van der Waals surface area (Å²) in [4.78, 5) is 0.968. The third-order valence-electron chi connectivity index (χ3n) is 1.85. The van der Waals surface area contributed by atoms with Crippen molar-refractivity contribution < 1.29 is 0 Å². The Labute approximate surface area is 81.6 Å². The van der Waals surface area contributed by atoms with Crippen molar-refractivity contribution in [1.29, 1.82) is 0 Å². The summed E-state index contributed by atoms with van der Waals surface area (Å²) in [6.07, 6.45) is 0. The Hall–Kier alpha value is -0.660. The van der Waals surface area contributed by atoms with Gasteiger partial charge in [-0.2, -0.15) is 0 Å². The molecule has 0 radical (unpaired) electrons. The Kier molecular flexibility index (Phi) is 1.99. The predicted octanol–water partition coefficient (Wildman–Crippen LogP) is 3.78. The highest BCUT2D eigenvalue weighted by Crippen LogP contribution is 2.27. The molecule has 0 unspecified atom stereocenters. The Bertz CT molecular complexity index is 383. The molecule has 0 aliphatic carbocycles. The van der Waals surface area contributed by atoms with Gasteiger partial charge in [0.15, 0.2) is 0 Å². The number of hydrogen-bond acceptors (Lipinski definition) is 1. The van der Waals surface area contributed by atoms with Gasteiger partial charge in [0.05, 0.1) is 0 Å². The highest BCUT2D eigenvalue weighted by molar-refractivity contribution is 7.80. The molecule has 0 spiro atoms. The van der Waals surface area contributed by atoms with Crippen LogP contribution in [0.5, 0.6) is 0 Å². The van der Waals surface area contributed by atoms with E-state index in [0.29, 0.717) is 0 Å². The van der Waals surface area contributed by atoms with Crippen molar-refractivity contribution in [2.24, 2.45) is 0 Å². The molecule has 0 nitrogen and oxygen atoms in total. The first-order valence-corrected chi connectivity index (χ1v) is 4.48. The lowest BCUT2D eigenvalue weighted by Gasteiger charge is -2.01. The number of rotatable bonds is 0. The molecule has 0 heterocycles. The molecule has 0 saturated carbocycles. The summed E-state index contributed by atoms with van der Waals surface area (Å²) in [6.45, 7) is 0. The van der Waals surface area contributed by atoms with Crippen molar-refractivity contribution in [3.8, 4) is 0 Å². The Morgan fingerprint density at radius 2 is 1.58 bits per heavy atom. The maximum Gasteiger partial charge on any atom is 0.0485 e. The molecule has 0 saturated heterocycles. The maximum absolute atomic E-state index is 6.00. The Morgan fingerprint density at radius 1 is 0.917 bits per heavy atom. The van der Waals surface area contributed by atoms with Crippen molar-refractivity contribution in [1.82, 2.24) is 0 Å². The second-order valence-electron chi connectivity index (χ2n) is 2.61. The van der Waals surface area contributed by atoms with E-state index in [2.05, 4.69) is 12.6 Å². The number of thiol groups is 1. The molecular weight excluding hydrogens is 188 g/mol. The van der Waals surface area contributed by atoms with Crippen LogP contribution in [-0.2, 0) is 0 Å². The molecule has 60 valence electrons. The summed E-state index contributed by atoms with van der Waals surface area (Å²) < 4.78 is 0. The molecule has 2 heteroatoms. The van der Waals surface area contributed by atoms with Gasteiger partial charge in [-0.3, -0.25) is 0 Å². The van der Waals surface area contributed by atoms with E-state index < -0.39 is 0 Å². The SMILES string of the molecule is Sc1ccc(Cl)c2ccccc12. The summed E-state index contributed by atoms with van der Waals surface area (Å²) in [5, 5.41) is 2.95. The van der Waals surface area contributed by atoms with Gasteiger partial charge in [0.2, 0.25) is 0 Å². The number of halogens is 1. The number of fused-ring (bicyclic) bond motifs is 1. The van der Waals surface area contributed by atoms with E-state index in [-0.39, 0.29) is 0 Å². The molecule has 2 aromatic rings. The van der Waals surface area contributed by atoms with Gasteiger partial charge < -0.3 is 0 Å². The van der Waals surface area contributed by atoms with Crippen molar-refractivity contribution in [2.75, 3.05) is 0 Å². The minimum absolute atomic E-state index is 0.781. The topological polar surface area (TPSA) is 0 Å². The maximum atomic E-state index is 6.00. The molecule has 0 aliphatic rings. The van der Waals surface area contributed by atoms with E-state index in [0.717, 1.165) is 20.7 Å². The summed E-state index contributed by atoms with van der Waals surface area (Å²) in [5.74, 6) is 0. The zero-order chi connectivity index (χ0) is 8.55. The van der Waals surface area contributed by atoms with Crippen molar-refractivity contribution >= 4 is 35.0 Å². The summed E-state index contributed by atoms with van der Waals surface area (Å²) in [5.41, 5.74) is 0. The fraction of sp³-hybridized carbons (Fsp3) is 0. The van der Waals surface area contributed by atoms with Gasteiger partial charge >= 0.3 is 0 Å². The van der Waals surface area contributed by atoms with Crippen molar-refractivity contribution in [3.63, 3.8) is 0 Å². The Morgan fingerprint density at radius 3 is 2.25 bits per heavy atom. The zero-order valence-corrected chi connectivity index (χ0v) is 7.94. The molecule has 0 aliphatic heterocycles. The van der Waals surface area contributed by atoms with Crippen LogP contribution in [0.25, 0.3) is 10.8 Å². The molecule has 0 fully saturated rings. The van der Waals surface area contributed by atoms with Crippen LogP contribution < -0.4 is 0 Å². The summed E-state index contributed by atoms with van der Waals surface area (Å²) >= 11 is 10.3. The molecule has 12 heavy (non-hydrogen) atoms. The number of hydrogen-bond donors (Lipinski definition) is 1. The lowest BCUT2D eigenvalue weighted by molar-refractivity contribution is 1.56. The first kappa shape index (κ1) is 7.96. The minimum atomic E-state index is 0.781. The second kappa shape index (κ2) is 3.00. The van der Waals surface area contributed by atoms with Crippen molar-refractivity contribution in [3.05, 3.63) is 41.4 Å². The lowest BCUT2D eigenvalue weighted by atomic mass is 10.1. The minimum Gasteiger partial charge on any atom is -0.143 e. The molecule has 0 atom stereocenters. The molecule has 0 bridgehead atoms. The van der Waals surface area contributed by atoms with Crippen LogP contribution in [0.15, 0.2) is 41.3 Å². The average molecular weight is 195 g/mol. The molecule has 2 rings (SSSR count). The van der Waals surface area contributed by atoms with Crippen LogP contribution in [0.1, 0.15) is 0 Å². The molecule has 2 aromatic carbocycles. The quantitative estimate of drug-likeness (QED) is 0.607. The van der Waals surface area contributed by atoms with Crippen LogP contribution in [-0.4, -0.2) is 0 Å². The summed E-state index contributed by atoms with van der Waals surface area (Å²) in [6, 6.07) is 11.8. The van der Waals surface area contributed by atoms with Crippen LogP contribution in [0, 0.1) is 0 Å². The third-order valence-corrected chi connectivity index (χ3v) is 2.57. The van der Waals surface area contributed by atoms with E-state index in [1.54, 1.807) is 0 Å². The van der Waals surface area contributed by atoms with Crippen LogP contribution >= 0.6 is 24.2 Å². The molecule has 0 amide bonds. The molecular formula is C10H7ClS. The standard InChI is InChI=1S/C10H7ClS/c11-9-5-6-10(12)8-4-2-1-3-7(8)9/h1-6,12H. The molecule has 0 aromatic heterocycles.